The number of rotatable bonds is 18. The number of nitrogens with two attached hydrogens (primary N) is 1. The van der Waals surface area contributed by atoms with Gasteiger partial charge in [-0.05, 0) is 194 Å². The number of nitrogen functional groups attached to an aromatic ring is 1. The minimum atomic E-state index is -0.634. The van der Waals surface area contributed by atoms with Crippen LogP contribution in [0.5, 0.6) is 58.1 Å². The lowest BCUT2D eigenvalue weighted by Crippen LogP contribution is -3.00. The first-order valence-corrected chi connectivity index (χ1v) is 39.4. The molecule has 0 bridgehead atoms. The van der Waals surface area contributed by atoms with Gasteiger partial charge in [0.2, 0.25) is 57.4 Å². The highest BCUT2D eigenvalue weighted by atomic mass is 35.5. The third kappa shape index (κ3) is 43.3. The van der Waals surface area contributed by atoms with E-state index in [0.717, 1.165) is 0 Å². The van der Waals surface area contributed by atoms with E-state index < -0.39 is 64.4 Å². The molecule has 6 heterocycles. The molecule has 0 radical (unpaired) electrons. The normalized spacial score (nSPS) is 10.7. The Bertz CT molecular complexity index is 5480. The summed E-state index contributed by atoms with van der Waals surface area (Å²) in [6.07, 6.45) is 6.19. The SMILES string of the molecule is CC(C)(C)OC(=O)Nc1cccc(Oc2ccnc(C#N)n2)c1.CC(C)(C)OC(=O)Nc1cccc(Oc2ccnc(C(=O)NN)n2)c1.CC(C)(C)OC(=O)Nc1cccc(Oc2ccnc(Cl)n2)c1.CC(C)(C)OC(=O)Nc1cccc(Oc2ccnc([N+](C)(C)C)n2)c1.COC(=N)c1nccc(Oc2cccc(NC(=O)OC(C)(C)C)c2)n1.Clc1ccnc(Cl)n1.[Cl-]. The molecule has 39 nitrogen and oxygen atoms in total. The quantitative estimate of drug-likeness (QED) is 0.00455. The standard InChI is InChI=1S/C18H24N4O3.C17H20N4O4.C16H19N5O4.C16H16N4O3.C15H16ClN3O3.C4H2Cl2N2.ClH/c1-18(2,3)25-17(23)20-13-8-7-9-14(12-13)24-15-10-11-19-16(21-15)22(4,5)6;1-17(2,3)25-16(22)20-11-6-5-7-12(10-11)24-13-8-9-19-15(21-13)14(18)23-4;1-16(2,3)25-15(23)19-10-5-4-6-11(9-10)24-12-7-8-18-13(20-12)14(22)21-17;1-16(2,3)23-15(21)19-11-5-4-6-12(9-11)22-14-7-8-18-13(10-17)20-14;1-15(2,3)22-14(20)18-10-5-4-6-11(9-10)21-12-7-8-17-13(16)19-12;5-3-1-2-7-4(6)8-3;/h7-12H,1-6H3;5-10,18H,1-4H3,(H,20,22);4-9H,17H2,1-3H3,(H,19,23)(H,21,22);4-9H,1-3H3,(H,19,21);4-9H,1-3H3,(H,18,20);1-2H;1H. The van der Waals surface area contributed by atoms with Crippen LogP contribution in [-0.2, 0) is 28.4 Å². The van der Waals surface area contributed by atoms with E-state index in [2.05, 4.69) is 86.4 Å². The van der Waals surface area contributed by atoms with E-state index in [4.69, 9.17) is 103 Å². The van der Waals surface area contributed by atoms with Crippen LogP contribution in [0.25, 0.3) is 0 Å². The second-order valence-corrected chi connectivity index (χ2v) is 32.6. The highest BCUT2D eigenvalue weighted by molar-refractivity contribution is 6.31. The molecule has 0 aliphatic heterocycles. The lowest BCUT2D eigenvalue weighted by Gasteiger charge is -2.20. The van der Waals surface area contributed by atoms with Crippen molar-refractivity contribution in [2.45, 2.75) is 132 Å². The number of anilines is 5. The van der Waals surface area contributed by atoms with E-state index in [0.29, 0.717) is 84.5 Å². The number of methoxy groups -OCH3 is 1. The smallest absolute Gasteiger partial charge is 0.412 e. The predicted molar refractivity (Wildman–Crippen MR) is 479 cm³/mol. The molecule has 0 aliphatic rings. The molecule has 0 aliphatic carbocycles. The number of quaternary nitrogens is 1. The van der Waals surface area contributed by atoms with Gasteiger partial charge in [0.1, 0.15) is 68.0 Å². The van der Waals surface area contributed by atoms with Gasteiger partial charge in [-0.2, -0.15) is 30.2 Å². The van der Waals surface area contributed by atoms with Crippen LogP contribution in [0.1, 0.15) is 126 Å². The highest BCUT2D eigenvalue weighted by Gasteiger charge is 2.24. The Labute approximate surface area is 765 Å². The number of carbonyl (C=O) groups is 6. The van der Waals surface area contributed by atoms with Crippen molar-refractivity contribution in [3.63, 3.8) is 0 Å². The van der Waals surface area contributed by atoms with Gasteiger partial charge in [-0.25, -0.2) is 59.7 Å². The Morgan fingerprint density at radius 2 is 0.659 bits per heavy atom. The number of nitrogens with zero attached hydrogens (tertiary/aromatic N) is 14. The van der Waals surface area contributed by atoms with E-state index >= 15 is 0 Å². The molecule has 9 N–H and O–H groups in total. The summed E-state index contributed by atoms with van der Waals surface area (Å²) in [5, 5.41) is 30.2. The van der Waals surface area contributed by atoms with Crippen molar-refractivity contribution >= 4 is 111 Å². The zero-order valence-electron chi connectivity index (χ0n) is 73.8. The van der Waals surface area contributed by atoms with Crippen LogP contribution >= 0.6 is 34.8 Å². The maximum atomic E-state index is 11.9. The molecule has 0 atom stereocenters. The molecule has 11 aromatic rings. The first-order valence-electron chi connectivity index (χ1n) is 38.2. The summed E-state index contributed by atoms with van der Waals surface area (Å²) in [5.74, 6) is 8.69. The van der Waals surface area contributed by atoms with Gasteiger partial charge in [-0.15, -0.1) is 4.98 Å². The Morgan fingerprint density at radius 1 is 0.380 bits per heavy atom. The molecule has 0 saturated carbocycles. The number of hydrazine groups is 1. The van der Waals surface area contributed by atoms with E-state index in [1.165, 1.54) is 50.2 Å². The molecule has 11 rings (SSSR count). The molecule has 129 heavy (non-hydrogen) atoms. The maximum absolute atomic E-state index is 11.9. The number of hydrogen-bond donors (Lipinski definition) is 8. The minimum absolute atomic E-state index is 0. The van der Waals surface area contributed by atoms with Gasteiger partial charge < -0.3 is 64.5 Å². The van der Waals surface area contributed by atoms with E-state index in [9.17, 15) is 28.8 Å². The van der Waals surface area contributed by atoms with Crippen LogP contribution in [0.4, 0.5) is 58.4 Å². The number of nitriles is 1. The van der Waals surface area contributed by atoms with Gasteiger partial charge in [-0.1, -0.05) is 41.9 Å². The van der Waals surface area contributed by atoms with E-state index in [1.807, 2.05) is 53.4 Å². The molecule has 43 heteroatoms. The zero-order chi connectivity index (χ0) is 94.6. The molecule has 6 aromatic heterocycles. The first kappa shape index (κ1) is 105. The van der Waals surface area contributed by atoms with Gasteiger partial charge in [0.05, 0.1) is 28.3 Å². The number of nitrogens with one attached hydrogen (secondary N) is 7. The number of carbonyl (C=O) groups excluding carboxylic acids is 6. The molecule has 0 saturated heterocycles. The summed E-state index contributed by atoms with van der Waals surface area (Å²) in [5.41, 5.74) is 1.72. The van der Waals surface area contributed by atoms with Crippen molar-refractivity contribution in [1.82, 2.24) is 69.7 Å². The Balaban J connectivity index is 0.000000279. The van der Waals surface area contributed by atoms with Gasteiger partial charge in [-0.3, -0.25) is 46.7 Å². The highest BCUT2D eigenvalue weighted by Crippen LogP contribution is 2.30. The number of hydrogen-bond acceptors (Lipinski definition) is 32. The van der Waals surface area contributed by atoms with E-state index in [1.54, 1.807) is 235 Å². The summed E-state index contributed by atoms with van der Waals surface area (Å²) < 4.78 is 59.4. The van der Waals surface area contributed by atoms with Gasteiger partial charge >= 0.3 is 42.3 Å². The average molecular weight is 1850 g/mol. The molecule has 0 spiro atoms. The lowest BCUT2D eigenvalue weighted by molar-refractivity contribution is -0.000117. The average Bonchev–Trinajstić information content (AvgIpc) is 0.870. The lowest BCUT2D eigenvalue weighted by atomic mass is 10.2. The summed E-state index contributed by atoms with van der Waals surface area (Å²) in [7, 11) is 7.30. The zero-order valence-corrected chi connectivity index (χ0v) is 76.8. The van der Waals surface area contributed by atoms with Crippen molar-refractivity contribution in [3.05, 3.63) is 228 Å². The Morgan fingerprint density at radius 3 is 0.946 bits per heavy atom. The van der Waals surface area contributed by atoms with Crippen LogP contribution < -0.4 is 78.4 Å². The number of halogens is 4. The Hall–Kier alpha value is -14.6. The first-order chi connectivity index (χ1) is 60.0. The summed E-state index contributed by atoms with van der Waals surface area (Å²) >= 11 is 16.4. The van der Waals surface area contributed by atoms with Gasteiger partial charge in [0.25, 0.3) is 5.90 Å². The third-order valence-electron chi connectivity index (χ3n) is 13.7. The second-order valence-electron chi connectivity index (χ2n) is 31.6. The predicted octanol–water partition coefficient (Wildman–Crippen LogP) is 16.2. The van der Waals surface area contributed by atoms with Gasteiger partial charge in [0.15, 0.2) is 0 Å². The number of ether oxygens (including phenoxy) is 11. The van der Waals surface area contributed by atoms with Crippen molar-refractivity contribution < 1.29 is 93.3 Å². The number of aromatic nitrogens is 12. The summed E-state index contributed by atoms with van der Waals surface area (Å²) in [6.45, 7) is 26.9. The van der Waals surface area contributed by atoms with Crippen LogP contribution in [0.3, 0.4) is 0 Å². The molecule has 5 aromatic carbocycles. The van der Waals surface area contributed by atoms with Gasteiger partial charge in [0, 0.05) is 126 Å². The topological polar surface area (TPSA) is 504 Å². The van der Waals surface area contributed by atoms with Crippen molar-refractivity contribution in [2.75, 3.05) is 54.8 Å². The van der Waals surface area contributed by atoms with Crippen LogP contribution in [0.15, 0.2) is 195 Å². The van der Waals surface area contributed by atoms with Crippen molar-refractivity contribution in [2.24, 2.45) is 5.84 Å². The van der Waals surface area contributed by atoms with Crippen molar-refractivity contribution in [1.29, 1.82) is 10.7 Å². The molecular formula is C86H98Cl4N22O17. The molecule has 0 fully saturated rings. The second kappa shape index (κ2) is 49.4. The Kier molecular flexibility index (Phi) is 40.2. The van der Waals surface area contributed by atoms with E-state index in [-0.39, 0.29) is 64.0 Å². The third-order valence-corrected chi connectivity index (χ3v) is 14.2. The van der Waals surface area contributed by atoms with Crippen LogP contribution in [0.2, 0.25) is 15.7 Å². The summed E-state index contributed by atoms with van der Waals surface area (Å²) in [6, 6.07) is 45.3. The molecule has 6 amide bonds. The fourth-order valence-corrected chi connectivity index (χ4v) is 9.39. The molecule has 682 valence electrons. The monoisotopic (exact) mass is 1850 g/mol. The fraction of sp³-hybridized carbons (Fsp3) is 0.279. The minimum Gasteiger partial charge on any atom is -1.00 e. The van der Waals surface area contributed by atoms with Crippen LogP contribution in [0, 0.1) is 16.7 Å². The number of amides is 6. The molecular weight excluding hydrogens is 1750 g/mol. The number of benzene rings is 5. The van der Waals surface area contributed by atoms with Crippen molar-refractivity contribution in [3.8, 4) is 64.2 Å². The summed E-state index contributed by atoms with van der Waals surface area (Å²) in [4.78, 5) is 117. The maximum Gasteiger partial charge on any atom is 0.412 e. The fourth-order valence-electron chi connectivity index (χ4n) is 8.93. The molecule has 0 unspecified atom stereocenters. The largest absolute Gasteiger partial charge is 1.00 e. The van der Waals surface area contributed by atoms with Crippen LogP contribution in [-0.4, -0.2) is 158 Å².